The fourth-order valence-corrected chi connectivity index (χ4v) is 3.26. The van der Waals surface area contributed by atoms with Crippen LogP contribution in [-0.2, 0) is 4.74 Å². The molecule has 2 aromatic carbocycles. The highest BCUT2D eigenvalue weighted by atomic mass is 35.5. The van der Waals surface area contributed by atoms with E-state index in [4.69, 9.17) is 21.1 Å². The monoisotopic (exact) mass is 354 g/mol. The molecule has 1 saturated heterocycles. The van der Waals surface area contributed by atoms with Crippen LogP contribution in [0, 0.1) is 0 Å². The van der Waals surface area contributed by atoms with Gasteiger partial charge in [0.25, 0.3) is 0 Å². The van der Waals surface area contributed by atoms with Crippen LogP contribution in [0.4, 0.5) is 5.69 Å². The van der Waals surface area contributed by atoms with Gasteiger partial charge in [0.2, 0.25) is 0 Å². The highest BCUT2D eigenvalue weighted by Crippen LogP contribution is 2.34. The molecule has 25 heavy (non-hydrogen) atoms. The molecular weight excluding hydrogens is 336 g/mol. The average Bonchev–Trinajstić information content (AvgIpc) is 3.31. The SMILES string of the molecule is COc1cccc(N2CCO[C@H]2c2ccn(-c3ccc(Cl)cc3)c2)c1. The van der Waals surface area contributed by atoms with Crippen molar-refractivity contribution < 1.29 is 9.47 Å². The molecule has 0 radical (unpaired) electrons. The molecule has 0 amide bonds. The van der Waals surface area contributed by atoms with Gasteiger partial charge in [-0.25, -0.2) is 0 Å². The zero-order valence-electron chi connectivity index (χ0n) is 13.9. The number of anilines is 1. The van der Waals surface area contributed by atoms with Crippen LogP contribution < -0.4 is 9.64 Å². The first-order valence-electron chi connectivity index (χ1n) is 8.21. The van der Waals surface area contributed by atoms with Gasteiger partial charge in [-0.15, -0.1) is 0 Å². The van der Waals surface area contributed by atoms with E-state index in [2.05, 4.69) is 27.8 Å². The second-order valence-corrected chi connectivity index (χ2v) is 6.38. The molecule has 1 aromatic heterocycles. The molecule has 128 valence electrons. The summed E-state index contributed by atoms with van der Waals surface area (Å²) in [5, 5.41) is 0.736. The lowest BCUT2D eigenvalue weighted by Gasteiger charge is -2.25. The second kappa shape index (κ2) is 6.82. The highest BCUT2D eigenvalue weighted by molar-refractivity contribution is 6.30. The summed E-state index contributed by atoms with van der Waals surface area (Å²) in [5.41, 5.74) is 3.29. The predicted molar refractivity (Wildman–Crippen MR) is 99.8 cm³/mol. The Labute approximate surface area is 152 Å². The smallest absolute Gasteiger partial charge is 0.158 e. The summed E-state index contributed by atoms with van der Waals surface area (Å²) >= 11 is 5.97. The Hall–Kier alpha value is -2.43. The average molecular weight is 355 g/mol. The number of rotatable bonds is 4. The third-order valence-corrected chi connectivity index (χ3v) is 4.65. The number of ether oxygens (including phenoxy) is 2. The Bertz CT molecular complexity index is 860. The van der Waals surface area contributed by atoms with Gasteiger partial charge < -0.3 is 18.9 Å². The molecule has 5 heteroatoms. The lowest BCUT2D eigenvalue weighted by atomic mass is 10.2. The third kappa shape index (κ3) is 3.23. The number of benzene rings is 2. The molecule has 0 saturated carbocycles. The fraction of sp³-hybridized carbons (Fsp3) is 0.200. The molecule has 0 bridgehead atoms. The van der Waals surface area contributed by atoms with Gasteiger partial charge in [0.05, 0.1) is 13.7 Å². The van der Waals surface area contributed by atoms with Crippen molar-refractivity contribution in [3.8, 4) is 11.4 Å². The molecule has 1 aliphatic rings. The summed E-state index contributed by atoms with van der Waals surface area (Å²) in [5.74, 6) is 0.849. The zero-order valence-corrected chi connectivity index (χ0v) is 14.7. The van der Waals surface area contributed by atoms with E-state index in [1.165, 1.54) is 0 Å². The number of aromatic nitrogens is 1. The summed E-state index contributed by atoms with van der Waals surface area (Å²) in [4.78, 5) is 2.25. The van der Waals surface area contributed by atoms with Crippen molar-refractivity contribution in [2.24, 2.45) is 0 Å². The van der Waals surface area contributed by atoms with Crippen LogP contribution in [0.3, 0.4) is 0 Å². The topological polar surface area (TPSA) is 26.6 Å². The van der Waals surface area contributed by atoms with Gasteiger partial charge >= 0.3 is 0 Å². The summed E-state index contributed by atoms with van der Waals surface area (Å²) in [6.45, 7) is 1.55. The minimum atomic E-state index is -0.0966. The number of hydrogen-bond acceptors (Lipinski definition) is 3. The Balaban J connectivity index is 1.61. The maximum Gasteiger partial charge on any atom is 0.158 e. The fourth-order valence-electron chi connectivity index (χ4n) is 3.13. The lowest BCUT2D eigenvalue weighted by Crippen LogP contribution is -2.22. The number of methoxy groups -OCH3 is 1. The van der Waals surface area contributed by atoms with Gasteiger partial charge in [0.15, 0.2) is 6.23 Å². The van der Waals surface area contributed by atoms with Crippen LogP contribution in [-0.4, -0.2) is 24.8 Å². The Morgan fingerprint density at radius 2 is 1.92 bits per heavy atom. The van der Waals surface area contributed by atoms with E-state index >= 15 is 0 Å². The normalized spacial score (nSPS) is 17.0. The third-order valence-electron chi connectivity index (χ3n) is 4.40. The number of nitrogens with zero attached hydrogens (tertiary/aromatic N) is 2. The van der Waals surface area contributed by atoms with Crippen LogP contribution in [0.15, 0.2) is 67.0 Å². The van der Waals surface area contributed by atoms with Gasteiger partial charge in [-0.2, -0.15) is 0 Å². The van der Waals surface area contributed by atoms with Crippen LogP contribution >= 0.6 is 11.6 Å². The molecule has 0 aliphatic carbocycles. The van der Waals surface area contributed by atoms with Crippen molar-refractivity contribution in [1.82, 2.24) is 4.57 Å². The molecule has 3 aromatic rings. The molecule has 0 N–H and O–H groups in total. The van der Waals surface area contributed by atoms with Gasteiger partial charge in [0.1, 0.15) is 5.75 Å². The Morgan fingerprint density at radius 1 is 1.08 bits per heavy atom. The largest absolute Gasteiger partial charge is 0.497 e. The van der Waals surface area contributed by atoms with Crippen molar-refractivity contribution in [1.29, 1.82) is 0 Å². The summed E-state index contributed by atoms with van der Waals surface area (Å²) < 4.78 is 13.4. The minimum absolute atomic E-state index is 0.0966. The molecule has 0 spiro atoms. The quantitative estimate of drug-likeness (QED) is 0.681. The molecule has 0 unspecified atom stereocenters. The number of halogens is 1. The van der Waals surface area contributed by atoms with Crippen molar-refractivity contribution in [3.63, 3.8) is 0 Å². The van der Waals surface area contributed by atoms with Gasteiger partial charge in [-0.3, -0.25) is 0 Å². The molecule has 2 heterocycles. The van der Waals surface area contributed by atoms with Crippen LogP contribution in [0.2, 0.25) is 5.02 Å². The molecule has 4 rings (SSSR count). The lowest BCUT2D eigenvalue weighted by molar-refractivity contribution is 0.114. The second-order valence-electron chi connectivity index (χ2n) is 5.95. The number of hydrogen-bond donors (Lipinski definition) is 0. The van der Waals surface area contributed by atoms with E-state index in [-0.39, 0.29) is 6.23 Å². The van der Waals surface area contributed by atoms with E-state index in [9.17, 15) is 0 Å². The minimum Gasteiger partial charge on any atom is -0.497 e. The Kier molecular flexibility index (Phi) is 4.38. The van der Waals surface area contributed by atoms with Crippen molar-refractivity contribution in [2.45, 2.75) is 6.23 Å². The molecule has 1 aliphatic heterocycles. The first-order valence-corrected chi connectivity index (χ1v) is 8.58. The molecule has 1 atom stereocenters. The van der Waals surface area contributed by atoms with Crippen molar-refractivity contribution in [3.05, 3.63) is 77.6 Å². The molecule has 1 fully saturated rings. The molecule has 4 nitrogen and oxygen atoms in total. The summed E-state index contributed by atoms with van der Waals surface area (Å²) in [6, 6.07) is 18.0. The zero-order chi connectivity index (χ0) is 17.2. The van der Waals surface area contributed by atoms with Gasteiger partial charge in [0, 0.05) is 47.0 Å². The summed E-state index contributed by atoms with van der Waals surface area (Å²) in [6.07, 6.45) is 4.05. The van der Waals surface area contributed by atoms with Crippen LogP contribution in [0.1, 0.15) is 11.8 Å². The van der Waals surface area contributed by atoms with Crippen LogP contribution in [0.5, 0.6) is 5.75 Å². The molecular formula is C20H19ClN2O2. The van der Waals surface area contributed by atoms with Crippen LogP contribution in [0.25, 0.3) is 5.69 Å². The standard InChI is InChI=1S/C20H19ClN2O2/c1-24-19-4-2-3-18(13-19)23-11-12-25-20(23)15-9-10-22(14-15)17-7-5-16(21)6-8-17/h2-10,13-14,20H,11-12H2,1H3/t20-/m0/s1. The van der Waals surface area contributed by atoms with E-state index in [0.29, 0.717) is 6.61 Å². The van der Waals surface area contributed by atoms with Crippen molar-refractivity contribution >= 4 is 17.3 Å². The summed E-state index contributed by atoms with van der Waals surface area (Å²) in [7, 11) is 1.68. The van der Waals surface area contributed by atoms with E-state index < -0.39 is 0 Å². The highest BCUT2D eigenvalue weighted by Gasteiger charge is 2.28. The van der Waals surface area contributed by atoms with E-state index in [0.717, 1.165) is 34.3 Å². The van der Waals surface area contributed by atoms with Crippen molar-refractivity contribution in [2.75, 3.05) is 25.2 Å². The van der Waals surface area contributed by atoms with Gasteiger partial charge in [-0.05, 0) is 42.5 Å². The van der Waals surface area contributed by atoms with Gasteiger partial charge in [-0.1, -0.05) is 17.7 Å². The predicted octanol–water partition coefficient (Wildman–Crippen LogP) is 4.67. The maximum atomic E-state index is 6.00. The van der Waals surface area contributed by atoms with E-state index in [1.807, 2.05) is 48.7 Å². The first kappa shape index (κ1) is 16.1. The maximum absolute atomic E-state index is 6.00. The Morgan fingerprint density at radius 3 is 2.72 bits per heavy atom. The van der Waals surface area contributed by atoms with E-state index in [1.54, 1.807) is 7.11 Å². The first-order chi connectivity index (χ1) is 12.2.